The molecule has 12 heavy (non-hydrogen) atoms. The molecule has 1 aromatic carbocycles. The molecule has 64 valence electrons. The van der Waals surface area contributed by atoms with Gasteiger partial charge in [-0.15, -0.1) is 0 Å². The van der Waals surface area contributed by atoms with Gasteiger partial charge in [0, 0.05) is 5.56 Å². The van der Waals surface area contributed by atoms with E-state index >= 15 is 0 Å². The van der Waals surface area contributed by atoms with Crippen LogP contribution in [0.2, 0.25) is 5.02 Å². The molecule has 3 heteroatoms. The van der Waals surface area contributed by atoms with Gasteiger partial charge in [-0.2, -0.15) is 0 Å². The Bertz CT molecular complexity index is 308. The first-order valence-electron chi connectivity index (χ1n) is 3.48. The van der Waals surface area contributed by atoms with E-state index in [0.29, 0.717) is 16.3 Å². The number of ether oxygens (including phenoxy) is 1. The molecule has 0 heterocycles. The minimum absolute atomic E-state index is 0.463. The van der Waals surface area contributed by atoms with E-state index in [1.165, 1.54) is 0 Å². The van der Waals surface area contributed by atoms with E-state index in [-0.39, 0.29) is 0 Å². The highest BCUT2D eigenvalue weighted by atomic mass is 35.5. The van der Waals surface area contributed by atoms with Crippen LogP contribution in [0, 0.1) is 6.92 Å². The van der Waals surface area contributed by atoms with Gasteiger partial charge in [-0.3, -0.25) is 4.79 Å². The zero-order chi connectivity index (χ0) is 9.14. The summed E-state index contributed by atoms with van der Waals surface area (Å²) < 4.78 is 4.98. The van der Waals surface area contributed by atoms with E-state index in [1.807, 2.05) is 6.92 Å². The molecule has 0 aromatic heterocycles. The number of hydrogen-bond donors (Lipinski definition) is 0. The average molecular weight is 185 g/mol. The number of methoxy groups -OCH3 is 1. The molecule has 0 aliphatic heterocycles. The normalized spacial score (nSPS) is 9.58. The molecule has 0 aliphatic rings. The van der Waals surface area contributed by atoms with E-state index in [4.69, 9.17) is 16.3 Å². The number of hydrogen-bond acceptors (Lipinski definition) is 2. The minimum Gasteiger partial charge on any atom is -0.495 e. The smallest absolute Gasteiger partial charge is 0.150 e. The van der Waals surface area contributed by atoms with Crippen LogP contribution in [0.1, 0.15) is 15.9 Å². The van der Waals surface area contributed by atoms with E-state index in [1.54, 1.807) is 19.2 Å². The van der Waals surface area contributed by atoms with Crippen molar-refractivity contribution in [1.82, 2.24) is 0 Å². The molecule has 0 unspecified atom stereocenters. The number of halogens is 1. The standard InChI is InChI=1S/C9H9ClO2/c1-6-3-9(12-2)8(10)4-7(6)5-11/h3-5H,1-2H3. The summed E-state index contributed by atoms with van der Waals surface area (Å²) in [6.07, 6.45) is 0.778. The summed E-state index contributed by atoms with van der Waals surface area (Å²) in [5.41, 5.74) is 1.46. The molecule has 0 radical (unpaired) electrons. The number of carbonyl (C=O) groups is 1. The summed E-state index contributed by atoms with van der Waals surface area (Å²) in [5.74, 6) is 0.597. The highest BCUT2D eigenvalue weighted by molar-refractivity contribution is 6.32. The van der Waals surface area contributed by atoms with E-state index in [2.05, 4.69) is 0 Å². The van der Waals surface area contributed by atoms with Gasteiger partial charge in [-0.1, -0.05) is 11.6 Å². The van der Waals surface area contributed by atoms with E-state index in [9.17, 15) is 4.79 Å². The van der Waals surface area contributed by atoms with Gasteiger partial charge in [0.05, 0.1) is 12.1 Å². The molecular weight excluding hydrogens is 176 g/mol. The van der Waals surface area contributed by atoms with Crippen LogP contribution in [-0.4, -0.2) is 13.4 Å². The summed E-state index contributed by atoms with van der Waals surface area (Å²) in [7, 11) is 1.54. The lowest BCUT2D eigenvalue weighted by Crippen LogP contribution is -1.90. The van der Waals surface area contributed by atoms with Gasteiger partial charge in [0.1, 0.15) is 12.0 Å². The number of carbonyl (C=O) groups excluding carboxylic acids is 1. The summed E-state index contributed by atoms with van der Waals surface area (Å²) >= 11 is 5.80. The molecular formula is C9H9ClO2. The van der Waals surface area contributed by atoms with Gasteiger partial charge >= 0.3 is 0 Å². The van der Waals surface area contributed by atoms with Crippen LogP contribution < -0.4 is 4.74 Å². The Kier molecular flexibility index (Phi) is 2.71. The summed E-state index contributed by atoms with van der Waals surface area (Å²) in [5, 5.41) is 0.463. The van der Waals surface area contributed by atoms with Crippen molar-refractivity contribution in [2.24, 2.45) is 0 Å². The van der Waals surface area contributed by atoms with Gasteiger partial charge in [0.2, 0.25) is 0 Å². The van der Waals surface area contributed by atoms with Crippen molar-refractivity contribution in [3.8, 4) is 5.75 Å². The molecule has 0 N–H and O–H groups in total. The second-order valence-electron chi connectivity index (χ2n) is 2.46. The van der Waals surface area contributed by atoms with Crippen LogP contribution in [0.15, 0.2) is 12.1 Å². The number of aryl methyl sites for hydroxylation is 1. The lowest BCUT2D eigenvalue weighted by Gasteiger charge is -2.05. The summed E-state index contributed by atoms with van der Waals surface area (Å²) in [4.78, 5) is 10.5. The highest BCUT2D eigenvalue weighted by Crippen LogP contribution is 2.26. The molecule has 1 aromatic rings. The number of aldehydes is 1. The SMILES string of the molecule is COc1cc(C)c(C=O)cc1Cl. The highest BCUT2D eigenvalue weighted by Gasteiger charge is 2.04. The van der Waals surface area contributed by atoms with Gasteiger partial charge in [-0.25, -0.2) is 0 Å². The molecule has 0 spiro atoms. The van der Waals surface area contributed by atoms with Crippen LogP contribution in [0.4, 0.5) is 0 Å². The maximum atomic E-state index is 10.5. The van der Waals surface area contributed by atoms with Crippen LogP contribution in [0.25, 0.3) is 0 Å². The zero-order valence-corrected chi connectivity index (χ0v) is 7.68. The second kappa shape index (κ2) is 3.59. The summed E-state index contributed by atoms with van der Waals surface area (Å²) in [6.45, 7) is 1.84. The van der Waals surface area contributed by atoms with Crippen molar-refractivity contribution in [2.75, 3.05) is 7.11 Å². The minimum atomic E-state index is 0.463. The van der Waals surface area contributed by atoms with E-state index < -0.39 is 0 Å². The molecule has 0 amide bonds. The van der Waals surface area contributed by atoms with Crippen molar-refractivity contribution in [3.63, 3.8) is 0 Å². The van der Waals surface area contributed by atoms with Crippen molar-refractivity contribution in [2.45, 2.75) is 6.92 Å². The van der Waals surface area contributed by atoms with Crippen molar-refractivity contribution in [3.05, 3.63) is 28.3 Å². The van der Waals surface area contributed by atoms with Gasteiger partial charge in [0.25, 0.3) is 0 Å². The maximum Gasteiger partial charge on any atom is 0.150 e. The lowest BCUT2D eigenvalue weighted by molar-refractivity contribution is 0.112. The summed E-state index contributed by atoms with van der Waals surface area (Å²) in [6, 6.07) is 3.34. The maximum absolute atomic E-state index is 10.5. The van der Waals surface area contributed by atoms with Crippen molar-refractivity contribution < 1.29 is 9.53 Å². The molecule has 0 bridgehead atoms. The van der Waals surface area contributed by atoms with Gasteiger partial charge in [0.15, 0.2) is 0 Å². The molecule has 0 aliphatic carbocycles. The van der Waals surface area contributed by atoms with Crippen molar-refractivity contribution >= 4 is 17.9 Å². The molecule has 2 nitrogen and oxygen atoms in total. The predicted octanol–water partition coefficient (Wildman–Crippen LogP) is 2.47. The largest absolute Gasteiger partial charge is 0.495 e. The van der Waals surface area contributed by atoms with Crippen LogP contribution in [0.5, 0.6) is 5.75 Å². The number of benzene rings is 1. The predicted molar refractivity (Wildman–Crippen MR) is 48.1 cm³/mol. The first kappa shape index (κ1) is 9.07. The molecule has 0 saturated heterocycles. The number of rotatable bonds is 2. The van der Waals surface area contributed by atoms with Crippen LogP contribution >= 0.6 is 11.6 Å². The molecule has 0 atom stereocenters. The third kappa shape index (κ3) is 1.59. The Hall–Kier alpha value is -1.02. The molecule has 0 saturated carbocycles. The fourth-order valence-corrected chi connectivity index (χ4v) is 1.20. The quantitative estimate of drug-likeness (QED) is 0.660. The van der Waals surface area contributed by atoms with Gasteiger partial charge in [-0.05, 0) is 24.6 Å². The second-order valence-corrected chi connectivity index (χ2v) is 2.87. The molecule has 0 fully saturated rings. The first-order valence-corrected chi connectivity index (χ1v) is 3.86. The molecule has 1 rings (SSSR count). The lowest BCUT2D eigenvalue weighted by atomic mass is 10.1. The van der Waals surface area contributed by atoms with E-state index in [0.717, 1.165) is 11.8 Å². The van der Waals surface area contributed by atoms with Crippen LogP contribution in [-0.2, 0) is 0 Å². The third-order valence-electron chi connectivity index (χ3n) is 1.67. The zero-order valence-electron chi connectivity index (χ0n) is 6.93. The van der Waals surface area contributed by atoms with Gasteiger partial charge < -0.3 is 4.74 Å². The Balaban J connectivity index is 3.25. The van der Waals surface area contributed by atoms with Crippen molar-refractivity contribution in [1.29, 1.82) is 0 Å². The topological polar surface area (TPSA) is 26.3 Å². The Morgan fingerprint density at radius 1 is 1.50 bits per heavy atom. The average Bonchev–Trinajstić information content (AvgIpc) is 2.08. The Morgan fingerprint density at radius 3 is 2.67 bits per heavy atom. The Labute approximate surface area is 76.1 Å². The fourth-order valence-electron chi connectivity index (χ4n) is 0.954. The van der Waals surface area contributed by atoms with Crippen LogP contribution in [0.3, 0.4) is 0 Å². The first-order chi connectivity index (χ1) is 5.69. The monoisotopic (exact) mass is 184 g/mol. The fraction of sp³-hybridized carbons (Fsp3) is 0.222. The Morgan fingerprint density at radius 2 is 2.17 bits per heavy atom. The third-order valence-corrected chi connectivity index (χ3v) is 1.96.